The van der Waals surface area contributed by atoms with Crippen molar-refractivity contribution in [1.29, 1.82) is 0 Å². The number of aryl methyl sites for hydroxylation is 2. The third-order valence-corrected chi connectivity index (χ3v) is 5.32. The number of fused-ring (bicyclic) bond motifs is 1. The van der Waals surface area contributed by atoms with Crippen molar-refractivity contribution in [3.8, 4) is 5.75 Å². The lowest BCUT2D eigenvalue weighted by Crippen LogP contribution is -2.11. The van der Waals surface area contributed by atoms with E-state index in [0.717, 1.165) is 33.4 Å². The molecule has 3 nitrogen and oxygen atoms in total. The summed E-state index contributed by atoms with van der Waals surface area (Å²) in [6.07, 6.45) is 4.56. The summed E-state index contributed by atoms with van der Waals surface area (Å²) in [6.45, 7) is 4.36. The average molecular weight is 396 g/mol. The van der Waals surface area contributed by atoms with E-state index >= 15 is 0 Å². The molecule has 0 radical (unpaired) electrons. The Balaban J connectivity index is 1.59. The van der Waals surface area contributed by atoms with E-state index in [-0.39, 0.29) is 5.63 Å². The highest BCUT2D eigenvalue weighted by atomic mass is 16.5. The largest absolute Gasteiger partial charge is 0.489 e. The summed E-state index contributed by atoms with van der Waals surface area (Å²) in [5.74, 6) is 0.721. The van der Waals surface area contributed by atoms with Crippen LogP contribution in [0.1, 0.15) is 27.8 Å². The fourth-order valence-electron chi connectivity index (χ4n) is 3.62. The lowest BCUT2D eigenvalue weighted by atomic mass is 9.98. The van der Waals surface area contributed by atoms with E-state index in [1.165, 1.54) is 0 Å². The highest BCUT2D eigenvalue weighted by Gasteiger charge is 2.15. The van der Waals surface area contributed by atoms with Crippen molar-refractivity contribution in [3.05, 3.63) is 117 Å². The van der Waals surface area contributed by atoms with Crippen LogP contribution in [0.2, 0.25) is 0 Å². The zero-order valence-corrected chi connectivity index (χ0v) is 17.2. The van der Waals surface area contributed by atoms with Gasteiger partial charge in [0.2, 0.25) is 0 Å². The second-order valence-electron chi connectivity index (χ2n) is 7.34. The van der Waals surface area contributed by atoms with Crippen LogP contribution in [-0.2, 0) is 6.42 Å². The first-order chi connectivity index (χ1) is 14.6. The molecule has 0 saturated heterocycles. The molecule has 4 rings (SSSR count). The molecule has 0 saturated carbocycles. The maximum absolute atomic E-state index is 12.7. The molecular formula is C27H24O3. The molecule has 0 aliphatic rings. The van der Waals surface area contributed by atoms with Gasteiger partial charge in [-0.1, -0.05) is 66.7 Å². The van der Waals surface area contributed by atoms with Crippen molar-refractivity contribution in [1.82, 2.24) is 0 Å². The number of rotatable bonds is 6. The fraction of sp³-hybridized carbons (Fsp3) is 0.148. The molecule has 30 heavy (non-hydrogen) atoms. The Morgan fingerprint density at radius 3 is 2.30 bits per heavy atom. The van der Waals surface area contributed by atoms with Crippen molar-refractivity contribution < 1.29 is 9.15 Å². The highest BCUT2D eigenvalue weighted by molar-refractivity contribution is 5.85. The van der Waals surface area contributed by atoms with Gasteiger partial charge in [0, 0.05) is 22.9 Å². The van der Waals surface area contributed by atoms with Gasteiger partial charge in [0.15, 0.2) is 0 Å². The first-order valence-corrected chi connectivity index (χ1v) is 10.1. The van der Waals surface area contributed by atoms with Gasteiger partial charge >= 0.3 is 5.63 Å². The Morgan fingerprint density at radius 2 is 1.57 bits per heavy atom. The van der Waals surface area contributed by atoms with E-state index in [9.17, 15) is 4.79 Å². The van der Waals surface area contributed by atoms with E-state index in [0.29, 0.717) is 24.2 Å². The van der Waals surface area contributed by atoms with Crippen LogP contribution < -0.4 is 10.4 Å². The van der Waals surface area contributed by atoms with Crippen LogP contribution in [0.5, 0.6) is 5.75 Å². The first kappa shape index (κ1) is 19.7. The summed E-state index contributed by atoms with van der Waals surface area (Å²) in [4.78, 5) is 12.7. The van der Waals surface area contributed by atoms with E-state index in [1.807, 2.05) is 98.8 Å². The van der Waals surface area contributed by atoms with Gasteiger partial charge in [0.25, 0.3) is 0 Å². The molecule has 4 aromatic rings. The van der Waals surface area contributed by atoms with Crippen LogP contribution in [0.15, 0.2) is 88.1 Å². The Bertz CT molecular complexity index is 1240. The van der Waals surface area contributed by atoms with Crippen LogP contribution >= 0.6 is 0 Å². The average Bonchev–Trinajstić information content (AvgIpc) is 2.77. The predicted molar refractivity (Wildman–Crippen MR) is 122 cm³/mol. The van der Waals surface area contributed by atoms with Crippen LogP contribution in [0.4, 0.5) is 0 Å². The van der Waals surface area contributed by atoms with Crippen molar-refractivity contribution in [3.63, 3.8) is 0 Å². The summed E-state index contributed by atoms with van der Waals surface area (Å²) in [6, 6.07) is 24.0. The fourth-order valence-corrected chi connectivity index (χ4v) is 3.62. The smallest absolute Gasteiger partial charge is 0.340 e. The van der Waals surface area contributed by atoms with Gasteiger partial charge in [0.05, 0.1) is 0 Å². The quantitative estimate of drug-likeness (QED) is 0.370. The van der Waals surface area contributed by atoms with E-state index in [2.05, 4.69) is 0 Å². The Labute approximate surface area is 176 Å². The third-order valence-electron chi connectivity index (χ3n) is 5.32. The second-order valence-corrected chi connectivity index (χ2v) is 7.34. The molecule has 0 fully saturated rings. The molecule has 0 N–H and O–H groups in total. The van der Waals surface area contributed by atoms with Gasteiger partial charge in [-0.05, 0) is 48.7 Å². The van der Waals surface area contributed by atoms with Crippen molar-refractivity contribution in [2.45, 2.75) is 20.3 Å². The van der Waals surface area contributed by atoms with Gasteiger partial charge in [-0.25, -0.2) is 4.79 Å². The molecule has 1 aromatic heterocycles. The maximum atomic E-state index is 12.7. The summed E-state index contributed by atoms with van der Waals surface area (Å²) in [5, 5.41) is 0.949. The number of hydrogen-bond donors (Lipinski definition) is 0. The molecule has 0 aliphatic carbocycles. The molecule has 1 heterocycles. The third kappa shape index (κ3) is 4.20. The minimum Gasteiger partial charge on any atom is -0.489 e. The number of benzene rings is 3. The highest BCUT2D eigenvalue weighted by Crippen LogP contribution is 2.30. The summed E-state index contributed by atoms with van der Waals surface area (Å²) in [5.41, 5.74) is 5.04. The first-order valence-electron chi connectivity index (χ1n) is 10.1. The molecule has 150 valence electrons. The van der Waals surface area contributed by atoms with Gasteiger partial charge in [-0.15, -0.1) is 0 Å². The van der Waals surface area contributed by atoms with Crippen molar-refractivity contribution in [2.75, 3.05) is 6.61 Å². The predicted octanol–water partition coefficient (Wildman–Crippen LogP) is 6.09. The standard InChI is InChI=1S/C27H24O3/c1-19-23-15-16-25(29-17-9-14-21-10-5-3-6-11-21)20(2)26(23)30-27(28)24(19)18-22-12-7-4-8-13-22/h3-16H,17-18H2,1-2H3. The molecular weight excluding hydrogens is 372 g/mol. The molecule has 0 bridgehead atoms. The summed E-state index contributed by atoms with van der Waals surface area (Å²) >= 11 is 0. The normalized spacial score (nSPS) is 11.3. The van der Waals surface area contributed by atoms with E-state index in [4.69, 9.17) is 9.15 Å². The maximum Gasteiger partial charge on any atom is 0.340 e. The number of ether oxygens (including phenoxy) is 1. The summed E-state index contributed by atoms with van der Waals surface area (Å²) < 4.78 is 11.7. The molecule has 0 aliphatic heterocycles. The Hall–Kier alpha value is -3.59. The number of hydrogen-bond acceptors (Lipinski definition) is 3. The van der Waals surface area contributed by atoms with Gasteiger partial charge in [-0.3, -0.25) is 0 Å². The molecule has 0 spiro atoms. The van der Waals surface area contributed by atoms with Crippen molar-refractivity contribution in [2.24, 2.45) is 0 Å². The minimum atomic E-state index is -0.284. The summed E-state index contributed by atoms with van der Waals surface area (Å²) in [7, 11) is 0. The van der Waals surface area contributed by atoms with Crippen LogP contribution in [-0.4, -0.2) is 6.61 Å². The second kappa shape index (κ2) is 8.83. The molecule has 3 heteroatoms. The van der Waals surface area contributed by atoms with Crippen LogP contribution in [0.3, 0.4) is 0 Å². The Morgan fingerprint density at radius 1 is 0.867 bits per heavy atom. The zero-order chi connectivity index (χ0) is 20.9. The molecule has 0 amide bonds. The molecule has 0 atom stereocenters. The van der Waals surface area contributed by atoms with Gasteiger partial charge in [0.1, 0.15) is 17.9 Å². The molecule has 3 aromatic carbocycles. The topological polar surface area (TPSA) is 39.4 Å². The van der Waals surface area contributed by atoms with Crippen LogP contribution in [0, 0.1) is 13.8 Å². The minimum absolute atomic E-state index is 0.284. The van der Waals surface area contributed by atoms with Gasteiger partial charge in [-0.2, -0.15) is 0 Å². The zero-order valence-electron chi connectivity index (χ0n) is 17.2. The van der Waals surface area contributed by atoms with E-state index in [1.54, 1.807) is 0 Å². The van der Waals surface area contributed by atoms with E-state index < -0.39 is 0 Å². The lowest BCUT2D eigenvalue weighted by Gasteiger charge is -2.12. The van der Waals surface area contributed by atoms with Gasteiger partial charge < -0.3 is 9.15 Å². The molecule has 0 unspecified atom stereocenters. The Kier molecular flexibility index (Phi) is 5.80. The lowest BCUT2D eigenvalue weighted by molar-refractivity contribution is 0.360. The van der Waals surface area contributed by atoms with Crippen LogP contribution in [0.25, 0.3) is 17.0 Å². The van der Waals surface area contributed by atoms with Crippen molar-refractivity contribution >= 4 is 17.0 Å². The SMILES string of the molecule is Cc1c(Cc2ccccc2)c(=O)oc2c(C)c(OCC=Cc3ccccc3)ccc12. The monoisotopic (exact) mass is 396 g/mol.